The van der Waals surface area contributed by atoms with Crippen molar-refractivity contribution in [2.45, 2.75) is 31.5 Å². The Hall–Kier alpha value is -1.96. The molecule has 0 saturated heterocycles. The lowest BCUT2D eigenvalue weighted by atomic mass is 9.90. The van der Waals surface area contributed by atoms with Crippen molar-refractivity contribution in [2.24, 2.45) is 0 Å². The van der Waals surface area contributed by atoms with E-state index in [4.69, 9.17) is 9.79 Å². The summed E-state index contributed by atoms with van der Waals surface area (Å²) in [7, 11) is -4.69. The molecular weight excluding hydrogens is 349 g/mol. The smallest absolute Gasteiger partial charge is 0.427 e. The van der Waals surface area contributed by atoms with Crippen LogP contribution in [0, 0.1) is 0 Å². The number of aliphatic hydroxyl groups is 2. The summed E-state index contributed by atoms with van der Waals surface area (Å²) >= 11 is 0. The second kappa shape index (κ2) is 7.51. The summed E-state index contributed by atoms with van der Waals surface area (Å²) in [6.07, 6.45) is 2.98. The number of nitrogens with one attached hydrogen (secondary N) is 1. The van der Waals surface area contributed by atoms with Crippen LogP contribution in [-0.2, 0) is 15.8 Å². The molecule has 136 valence electrons. The monoisotopic (exact) mass is 369 g/mol. The van der Waals surface area contributed by atoms with E-state index in [0.29, 0.717) is 6.42 Å². The second-order valence-electron chi connectivity index (χ2n) is 5.82. The van der Waals surface area contributed by atoms with E-state index in [9.17, 15) is 24.7 Å². The summed E-state index contributed by atoms with van der Waals surface area (Å²) in [5, 5.41) is 31.9. The van der Waals surface area contributed by atoms with Crippen LogP contribution in [-0.4, -0.2) is 36.7 Å². The molecular formula is C16H20NO7P. The Kier molecular flexibility index (Phi) is 5.82. The zero-order valence-electron chi connectivity index (χ0n) is 13.3. The van der Waals surface area contributed by atoms with Gasteiger partial charge in [0.05, 0.1) is 5.57 Å². The molecule has 0 atom stereocenters. The summed E-state index contributed by atoms with van der Waals surface area (Å²) in [5.41, 5.74) is 0.116. The number of hydrogen-bond acceptors (Lipinski definition) is 5. The molecule has 2 rings (SSSR count). The first kappa shape index (κ1) is 19.4. The van der Waals surface area contributed by atoms with Crippen molar-refractivity contribution < 1.29 is 34.5 Å². The maximum Gasteiger partial charge on any atom is 0.427 e. The van der Waals surface area contributed by atoms with Crippen LogP contribution in [0.15, 0.2) is 47.7 Å². The number of carbonyl (C=O) groups is 1. The topological polar surface area (TPSA) is 147 Å². The quantitative estimate of drug-likeness (QED) is 0.306. The lowest BCUT2D eigenvalue weighted by Crippen LogP contribution is -2.38. The molecule has 0 spiro atoms. The number of rotatable bonds is 7. The average Bonchev–Trinajstić information content (AvgIpc) is 2.45. The Morgan fingerprint density at radius 3 is 2.60 bits per heavy atom. The van der Waals surface area contributed by atoms with Crippen LogP contribution in [0.25, 0.3) is 0 Å². The van der Waals surface area contributed by atoms with Gasteiger partial charge in [-0.2, -0.15) is 0 Å². The predicted octanol–water partition coefficient (Wildman–Crippen LogP) is 0.861. The van der Waals surface area contributed by atoms with Gasteiger partial charge in [0, 0.05) is 18.5 Å². The first-order valence-electron chi connectivity index (χ1n) is 7.59. The third-order valence-electron chi connectivity index (χ3n) is 3.72. The molecule has 25 heavy (non-hydrogen) atoms. The minimum absolute atomic E-state index is 0.0262. The van der Waals surface area contributed by atoms with Crippen LogP contribution in [0.3, 0.4) is 0 Å². The van der Waals surface area contributed by atoms with Crippen molar-refractivity contribution in [3.63, 3.8) is 0 Å². The van der Waals surface area contributed by atoms with E-state index in [0.717, 1.165) is 11.6 Å². The van der Waals surface area contributed by atoms with Gasteiger partial charge in [0.25, 0.3) is 0 Å². The Morgan fingerprint density at radius 2 is 1.96 bits per heavy atom. The van der Waals surface area contributed by atoms with Crippen LogP contribution in [0.4, 0.5) is 0 Å². The van der Waals surface area contributed by atoms with Gasteiger partial charge in [-0.1, -0.05) is 18.2 Å². The molecule has 0 bridgehead atoms. The lowest BCUT2D eigenvalue weighted by Gasteiger charge is -2.28. The fraction of sp³-hybridized carbons (Fsp3) is 0.312. The third kappa shape index (κ3) is 5.52. The molecule has 0 unspecified atom stereocenters. The fourth-order valence-electron chi connectivity index (χ4n) is 2.71. The standard InChI is InChI=1S/C16H20NO7P/c18-12-6-1-4-11(10-12)5-3-9-16(20,21)15-13(17-25(22,23)24)7-2-8-14(15)19/h1-2,4,6,8,10,18,20-21H,3,5,7,9H2,(H3,17,22,23,24). The van der Waals surface area contributed by atoms with Crippen LogP contribution < -0.4 is 5.09 Å². The van der Waals surface area contributed by atoms with E-state index >= 15 is 0 Å². The van der Waals surface area contributed by atoms with Crippen molar-refractivity contribution in [1.29, 1.82) is 0 Å². The molecule has 0 aromatic heterocycles. The number of aromatic hydroxyl groups is 1. The van der Waals surface area contributed by atoms with Crippen LogP contribution in [0.2, 0.25) is 0 Å². The van der Waals surface area contributed by atoms with E-state index < -0.39 is 24.9 Å². The highest BCUT2D eigenvalue weighted by molar-refractivity contribution is 7.49. The maximum absolute atomic E-state index is 12.0. The molecule has 1 aliphatic carbocycles. The van der Waals surface area contributed by atoms with E-state index in [1.54, 1.807) is 18.2 Å². The van der Waals surface area contributed by atoms with Crippen LogP contribution >= 0.6 is 7.75 Å². The van der Waals surface area contributed by atoms with Crippen molar-refractivity contribution in [1.82, 2.24) is 5.09 Å². The maximum atomic E-state index is 12.0. The van der Waals surface area contributed by atoms with Gasteiger partial charge in [-0.3, -0.25) is 9.88 Å². The van der Waals surface area contributed by atoms with Crippen LogP contribution in [0.5, 0.6) is 5.75 Å². The summed E-state index contributed by atoms with van der Waals surface area (Å²) in [6, 6.07) is 6.50. The molecule has 1 aromatic rings. The van der Waals surface area contributed by atoms with Crippen LogP contribution in [0.1, 0.15) is 24.8 Å². The minimum Gasteiger partial charge on any atom is -0.508 e. The minimum atomic E-state index is -4.69. The first-order chi connectivity index (χ1) is 11.6. The van der Waals surface area contributed by atoms with Gasteiger partial charge in [-0.15, -0.1) is 0 Å². The number of phenolic OH excluding ortho intramolecular Hbond substituents is 1. The van der Waals surface area contributed by atoms with Crippen molar-refractivity contribution in [3.8, 4) is 5.75 Å². The summed E-state index contributed by atoms with van der Waals surface area (Å²) < 4.78 is 11.1. The number of aryl methyl sites for hydroxylation is 1. The zero-order chi connectivity index (χ0) is 18.7. The zero-order valence-corrected chi connectivity index (χ0v) is 14.2. The number of phenols is 1. The van der Waals surface area contributed by atoms with Gasteiger partial charge in [-0.25, -0.2) is 4.57 Å². The van der Waals surface area contributed by atoms with E-state index in [1.165, 1.54) is 12.1 Å². The molecule has 9 heteroatoms. The van der Waals surface area contributed by atoms with Gasteiger partial charge in [0.1, 0.15) is 5.75 Å². The van der Waals surface area contributed by atoms with Crippen molar-refractivity contribution in [3.05, 3.63) is 53.3 Å². The number of benzene rings is 1. The number of hydrogen-bond donors (Lipinski definition) is 6. The molecule has 1 aromatic carbocycles. The molecule has 0 aliphatic heterocycles. The summed E-state index contributed by atoms with van der Waals surface area (Å²) in [5.74, 6) is -3.15. The molecule has 0 radical (unpaired) electrons. The number of allylic oxidation sites excluding steroid dienone is 2. The highest BCUT2D eigenvalue weighted by atomic mass is 31.2. The van der Waals surface area contributed by atoms with Gasteiger partial charge in [0.15, 0.2) is 11.6 Å². The molecule has 0 fully saturated rings. The van der Waals surface area contributed by atoms with Gasteiger partial charge in [-0.05, 0) is 36.6 Å². The lowest BCUT2D eigenvalue weighted by molar-refractivity contribution is -0.144. The Morgan fingerprint density at radius 1 is 1.24 bits per heavy atom. The normalized spacial score (nSPS) is 15.6. The number of ketones is 1. The fourth-order valence-corrected chi connectivity index (χ4v) is 3.26. The molecule has 6 N–H and O–H groups in total. The average molecular weight is 369 g/mol. The number of carbonyl (C=O) groups excluding carboxylic acids is 1. The van der Waals surface area contributed by atoms with Gasteiger partial charge in [0.2, 0.25) is 0 Å². The Labute approximate surface area is 144 Å². The molecule has 0 saturated carbocycles. The summed E-state index contributed by atoms with van der Waals surface area (Å²) in [4.78, 5) is 30.1. The highest BCUT2D eigenvalue weighted by Gasteiger charge is 2.37. The SMILES string of the molecule is O=C1C=CCC(NP(=O)(O)O)=C1C(O)(O)CCCc1cccc(O)c1. The highest BCUT2D eigenvalue weighted by Crippen LogP contribution is 2.36. The molecule has 0 amide bonds. The molecule has 0 heterocycles. The second-order valence-corrected chi connectivity index (χ2v) is 7.13. The van der Waals surface area contributed by atoms with Gasteiger partial charge >= 0.3 is 7.75 Å². The largest absolute Gasteiger partial charge is 0.508 e. The molecule has 1 aliphatic rings. The third-order valence-corrected chi connectivity index (χ3v) is 4.28. The van der Waals surface area contributed by atoms with E-state index in [2.05, 4.69) is 0 Å². The molecule has 8 nitrogen and oxygen atoms in total. The first-order valence-corrected chi connectivity index (χ1v) is 9.21. The Bertz CT molecular complexity index is 764. The van der Waals surface area contributed by atoms with Gasteiger partial charge < -0.3 is 25.1 Å². The predicted molar refractivity (Wildman–Crippen MR) is 89.2 cm³/mol. The van der Waals surface area contributed by atoms with Crippen molar-refractivity contribution in [2.75, 3.05) is 0 Å². The van der Waals surface area contributed by atoms with E-state index in [1.807, 2.05) is 5.09 Å². The van der Waals surface area contributed by atoms with E-state index in [-0.39, 0.29) is 30.7 Å². The van der Waals surface area contributed by atoms with Crippen molar-refractivity contribution >= 4 is 13.5 Å². The summed E-state index contributed by atoms with van der Waals surface area (Å²) in [6.45, 7) is 0. The Balaban J connectivity index is 2.14.